The van der Waals surface area contributed by atoms with Gasteiger partial charge in [0, 0.05) is 13.2 Å². The molecule has 0 spiro atoms. The SMILES string of the molecule is C=COCCCCOCCOc1ccc2cc(C3(c4ccc5cc(OCCOCCCCOC=C)ccc5c4)c4ccccc4-c4ccccc43)ccc2c1. The Morgan fingerprint density at radius 2 is 0.836 bits per heavy atom. The Morgan fingerprint density at radius 1 is 0.418 bits per heavy atom. The maximum absolute atomic E-state index is 6.09. The highest BCUT2D eigenvalue weighted by Crippen LogP contribution is 2.56. The molecular formula is C49H50O6. The third-order valence-corrected chi connectivity index (χ3v) is 10.3. The summed E-state index contributed by atoms with van der Waals surface area (Å²) in [6.07, 6.45) is 6.74. The Balaban J connectivity index is 1.12. The van der Waals surface area contributed by atoms with Crippen molar-refractivity contribution in [2.24, 2.45) is 0 Å². The van der Waals surface area contributed by atoms with Gasteiger partial charge in [0.2, 0.25) is 0 Å². The van der Waals surface area contributed by atoms with Crippen LogP contribution in [0.15, 0.2) is 147 Å². The van der Waals surface area contributed by atoms with E-state index < -0.39 is 5.41 Å². The molecule has 6 aromatic carbocycles. The average Bonchev–Trinajstić information content (AvgIpc) is 3.53. The first-order valence-corrected chi connectivity index (χ1v) is 19.4. The van der Waals surface area contributed by atoms with E-state index in [1.54, 1.807) is 0 Å². The van der Waals surface area contributed by atoms with E-state index in [-0.39, 0.29) is 0 Å². The van der Waals surface area contributed by atoms with Gasteiger partial charge in [0.05, 0.1) is 44.4 Å². The minimum Gasteiger partial charge on any atom is -0.502 e. The lowest BCUT2D eigenvalue weighted by atomic mass is 9.67. The first kappa shape index (κ1) is 37.7. The van der Waals surface area contributed by atoms with Gasteiger partial charge < -0.3 is 28.4 Å². The summed E-state index contributed by atoms with van der Waals surface area (Å²) >= 11 is 0. The minimum absolute atomic E-state index is 0.501. The lowest BCUT2D eigenvalue weighted by Gasteiger charge is -2.34. The zero-order chi connectivity index (χ0) is 37.7. The zero-order valence-electron chi connectivity index (χ0n) is 31.6. The highest BCUT2D eigenvalue weighted by Gasteiger charge is 2.46. The predicted octanol–water partition coefficient (Wildman–Crippen LogP) is 11.0. The number of unbranched alkanes of at least 4 members (excludes halogenated alkanes) is 2. The van der Waals surface area contributed by atoms with Crippen LogP contribution in [0.2, 0.25) is 0 Å². The molecule has 6 aromatic rings. The van der Waals surface area contributed by atoms with Crippen LogP contribution in [0.3, 0.4) is 0 Å². The average molecular weight is 735 g/mol. The van der Waals surface area contributed by atoms with Gasteiger partial charge in [-0.15, -0.1) is 0 Å². The summed E-state index contributed by atoms with van der Waals surface area (Å²) in [5.41, 5.74) is 7.06. The fraction of sp³-hybridized carbons (Fsp3) is 0.265. The van der Waals surface area contributed by atoms with Crippen LogP contribution in [0, 0.1) is 0 Å². The van der Waals surface area contributed by atoms with E-state index in [9.17, 15) is 0 Å². The Morgan fingerprint density at radius 3 is 1.31 bits per heavy atom. The number of hydrogen-bond acceptors (Lipinski definition) is 6. The molecule has 0 aromatic heterocycles. The van der Waals surface area contributed by atoms with E-state index in [0.29, 0.717) is 52.9 Å². The highest BCUT2D eigenvalue weighted by molar-refractivity contribution is 5.92. The second-order valence-electron chi connectivity index (χ2n) is 13.7. The number of hydrogen-bond donors (Lipinski definition) is 0. The molecule has 0 amide bonds. The van der Waals surface area contributed by atoms with Crippen molar-refractivity contribution >= 4 is 21.5 Å². The molecule has 0 saturated heterocycles. The quantitative estimate of drug-likeness (QED) is 0.0510. The van der Waals surface area contributed by atoms with Gasteiger partial charge in [-0.2, -0.15) is 0 Å². The number of benzene rings is 6. The lowest BCUT2D eigenvalue weighted by Crippen LogP contribution is -2.28. The second kappa shape index (κ2) is 18.7. The van der Waals surface area contributed by atoms with Gasteiger partial charge in [0.25, 0.3) is 0 Å². The molecule has 7 rings (SSSR count). The molecule has 1 aliphatic carbocycles. The molecular weight excluding hydrogens is 685 g/mol. The molecule has 0 bridgehead atoms. The minimum atomic E-state index is -0.510. The van der Waals surface area contributed by atoms with Crippen LogP contribution in [0.1, 0.15) is 47.9 Å². The Bertz CT molecular complexity index is 2050. The molecule has 0 radical (unpaired) electrons. The normalized spacial score (nSPS) is 12.6. The van der Waals surface area contributed by atoms with Crippen molar-refractivity contribution in [2.75, 3.05) is 52.9 Å². The number of ether oxygens (including phenoxy) is 6. The molecule has 0 fully saturated rings. The van der Waals surface area contributed by atoms with Crippen molar-refractivity contribution in [3.63, 3.8) is 0 Å². The Kier molecular flexibility index (Phi) is 12.8. The van der Waals surface area contributed by atoms with Crippen LogP contribution < -0.4 is 9.47 Å². The summed E-state index contributed by atoms with van der Waals surface area (Å²) in [6, 6.07) is 44.2. The molecule has 6 nitrogen and oxygen atoms in total. The molecule has 0 saturated carbocycles. The van der Waals surface area contributed by atoms with Gasteiger partial charge in [0.15, 0.2) is 0 Å². The lowest BCUT2D eigenvalue weighted by molar-refractivity contribution is 0.0936. The van der Waals surface area contributed by atoms with E-state index in [0.717, 1.165) is 58.7 Å². The predicted molar refractivity (Wildman–Crippen MR) is 222 cm³/mol. The summed E-state index contributed by atoms with van der Waals surface area (Å²) < 4.78 is 34.0. The van der Waals surface area contributed by atoms with E-state index in [1.165, 1.54) is 45.9 Å². The van der Waals surface area contributed by atoms with Crippen molar-refractivity contribution in [2.45, 2.75) is 31.1 Å². The second-order valence-corrected chi connectivity index (χ2v) is 13.7. The van der Waals surface area contributed by atoms with Crippen LogP contribution in [0.25, 0.3) is 32.7 Å². The monoisotopic (exact) mass is 734 g/mol. The van der Waals surface area contributed by atoms with Gasteiger partial charge in [-0.25, -0.2) is 0 Å². The fourth-order valence-electron chi connectivity index (χ4n) is 7.70. The van der Waals surface area contributed by atoms with Crippen molar-refractivity contribution in [1.29, 1.82) is 0 Å². The topological polar surface area (TPSA) is 55.4 Å². The van der Waals surface area contributed by atoms with E-state index in [2.05, 4.69) is 134 Å². The first-order chi connectivity index (χ1) is 27.2. The molecule has 0 atom stereocenters. The molecule has 0 unspecified atom stereocenters. The number of rotatable bonds is 22. The molecule has 55 heavy (non-hydrogen) atoms. The summed E-state index contributed by atoms with van der Waals surface area (Å²) in [6.45, 7) is 12.0. The van der Waals surface area contributed by atoms with E-state index in [1.807, 2.05) is 0 Å². The highest BCUT2D eigenvalue weighted by atomic mass is 16.5. The van der Waals surface area contributed by atoms with Gasteiger partial charge in [-0.1, -0.05) is 98.1 Å². The van der Waals surface area contributed by atoms with Crippen molar-refractivity contribution in [3.8, 4) is 22.6 Å². The smallest absolute Gasteiger partial charge is 0.120 e. The standard InChI is InChI=1S/C49H50O6/c1-3-50-25-9-11-27-52-29-31-54-43-23-19-37-33-41(21-17-39(37)35-43)49(47-15-7-5-13-45(47)46-14-6-8-16-48(46)49)42-22-18-40-36-44(24-20-38(40)34-42)55-32-30-53-28-12-10-26-51-4-2/h3-8,13-24,33-36H,1-2,9-12,25-32H2. The maximum atomic E-state index is 6.09. The van der Waals surface area contributed by atoms with Gasteiger partial charge in [0.1, 0.15) is 24.7 Å². The summed E-state index contributed by atoms with van der Waals surface area (Å²) in [5, 5.41) is 4.59. The molecule has 282 valence electrons. The largest absolute Gasteiger partial charge is 0.502 e. The summed E-state index contributed by atoms with van der Waals surface area (Å²) in [5.74, 6) is 1.68. The van der Waals surface area contributed by atoms with Crippen LogP contribution in [0.5, 0.6) is 11.5 Å². The first-order valence-electron chi connectivity index (χ1n) is 19.4. The Hall–Kier alpha value is -5.56. The molecule has 0 heterocycles. The third kappa shape index (κ3) is 8.57. The van der Waals surface area contributed by atoms with E-state index >= 15 is 0 Å². The van der Waals surface area contributed by atoms with Crippen molar-refractivity contribution in [3.05, 3.63) is 169 Å². The van der Waals surface area contributed by atoms with Crippen LogP contribution in [-0.2, 0) is 24.4 Å². The maximum Gasteiger partial charge on any atom is 0.120 e. The summed E-state index contributed by atoms with van der Waals surface area (Å²) in [4.78, 5) is 0. The van der Waals surface area contributed by atoms with Gasteiger partial charge >= 0.3 is 0 Å². The third-order valence-electron chi connectivity index (χ3n) is 10.3. The molecule has 6 heteroatoms. The number of fused-ring (bicyclic) bond motifs is 5. The van der Waals surface area contributed by atoms with Gasteiger partial charge in [-0.3, -0.25) is 0 Å². The fourth-order valence-corrected chi connectivity index (χ4v) is 7.70. The summed E-state index contributed by atoms with van der Waals surface area (Å²) in [7, 11) is 0. The Labute approximate surface area is 324 Å². The zero-order valence-corrected chi connectivity index (χ0v) is 31.6. The van der Waals surface area contributed by atoms with Crippen LogP contribution >= 0.6 is 0 Å². The van der Waals surface area contributed by atoms with Gasteiger partial charge in [-0.05, 0) is 117 Å². The van der Waals surface area contributed by atoms with Crippen molar-refractivity contribution < 1.29 is 28.4 Å². The van der Waals surface area contributed by atoms with Crippen molar-refractivity contribution in [1.82, 2.24) is 0 Å². The molecule has 1 aliphatic rings. The van der Waals surface area contributed by atoms with E-state index in [4.69, 9.17) is 28.4 Å². The van der Waals surface area contributed by atoms with Crippen LogP contribution in [0.4, 0.5) is 0 Å². The molecule has 0 N–H and O–H groups in total. The molecule has 0 aliphatic heterocycles. The van der Waals surface area contributed by atoms with Crippen LogP contribution in [-0.4, -0.2) is 52.9 Å².